The maximum Gasteiger partial charge on any atom is 0.172 e. The summed E-state index contributed by atoms with van der Waals surface area (Å²) in [5, 5.41) is 7.73. The van der Waals surface area contributed by atoms with E-state index in [1.54, 1.807) is 11.8 Å². The molecule has 0 saturated heterocycles. The molecule has 82 valence electrons. The minimum absolute atomic E-state index is 0.302. The van der Waals surface area contributed by atoms with Gasteiger partial charge in [-0.3, -0.25) is 4.79 Å². The number of para-hydroxylation sites is 1. The standard InChI is InChI=1S/C11H11N3O2/c1-16-8-11-10(7-15)12-13-14(11)9-5-3-2-4-6-9/h2-7H,8H2,1H3. The van der Waals surface area contributed by atoms with Gasteiger partial charge >= 0.3 is 0 Å². The van der Waals surface area contributed by atoms with Crippen LogP contribution < -0.4 is 0 Å². The maximum absolute atomic E-state index is 10.8. The largest absolute Gasteiger partial charge is 0.378 e. The fraction of sp³-hybridized carbons (Fsp3) is 0.182. The summed E-state index contributed by atoms with van der Waals surface area (Å²) in [4.78, 5) is 10.8. The number of hydrogen-bond acceptors (Lipinski definition) is 4. The molecule has 2 rings (SSSR count). The molecule has 5 heteroatoms. The first-order chi connectivity index (χ1) is 7.86. The average molecular weight is 217 g/mol. The predicted octanol–water partition coefficient (Wildman–Crippen LogP) is 1.23. The van der Waals surface area contributed by atoms with E-state index in [1.165, 1.54) is 0 Å². The van der Waals surface area contributed by atoms with Crippen LogP contribution in [-0.4, -0.2) is 28.4 Å². The maximum atomic E-state index is 10.8. The Morgan fingerprint density at radius 2 is 2.12 bits per heavy atom. The minimum atomic E-state index is 0.302. The summed E-state index contributed by atoms with van der Waals surface area (Å²) in [5.41, 5.74) is 1.82. The third-order valence-electron chi connectivity index (χ3n) is 2.19. The van der Waals surface area contributed by atoms with E-state index in [-0.39, 0.29) is 0 Å². The fourth-order valence-corrected chi connectivity index (χ4v) is 1.45. The van der Waals surface area contributed by atoms with Crippen molar-refractivity contribution in [2.45, 2.75) is 6.61 Å². The summed E-state index contributed by atoms with van der Waals surface area (Å²) >= 11 is 0. The monoisotopic (exact) mass is 217 g/mol. The predicted molar refractivity (Wildman–Crippen MR) is 57.5 cm³/mol. The van der Waals surface area contributed by atoms with Crippen LogP contribution in [-0.2, 0) is 11.3 Å². The van der Waals surface area contributed by atoms with Gasteiger partial charge in [-0.05, 0) is 12.1 Å². The van der Waals surface area contributed by atoms with Crippen LogP contribution in [0.2, 0.25) is 0 Å². The summed E-state index contributed by atoms with van der Waals surface area (Å²) in [5.74, 6) is 0. The van der Waals surface area contributed by atoms with Gasteiger partial charge in [-0.15, -0.1) is 5.10 Å². The van der Waals surface area contributed by atoms with Crippen LogP contribution in [0.25, 0.3) is 5.69 Å². The molecule has 5 nitrogen and oxygen atoms in total. The van der Waals surface area contributed by atoms with Crippen LogP contribution in [0, 0.1) is 0 Å². The number of benzene rings is 1. The molecule has 16 heavy (non-hydrogen) atoms. The van der Waals surface area contributed by atoms with E-state index in [2.05, 4.69) is 10.3 Å². The summed E-state index contributed by atoms with van der Waals surface area (Å²) in [6.07, 6.45) is 0.681. The highest BCUT2D eigenvalue weighted by atomic mass is 16.5. The second-order valence-corrected chi connectivity index (χ2v) is 3.22. The van der Waals surface area contributed by atoms with Gasteiger partial charge in [-0.25, -0.2) is 4.68 Å². The summed E-state index contributed by atoms with van der Waals surface area (Å²) in [6, 6.07) is 9.49. The number of nitrogens with zero attached hydrogens (tertiary/aromatic N) is 3. The number of ether oxygens (including phenoxy) is 1. The number of carbonyl (C=O) groups excluding carboxylic acids is 1. The second-order valence-electron chi connectivity index (χ2n) is 3.22. The molecular weight excluding hydrogens is 206 g/mol. The molecule has 1 aromatic heterocycles. The Morgan fingerprint density at radius 3 is 2.75 bits per heavy atom. The van der Waals surface area contributed by atoms with Crippen molar-refractivity contribution in [3.8, 4) is 5.69 Å². The molecule has 0 spiro atoms. The third kappa shape index (κ3) is 1.85. The molecule has 2 aromatic rings. The molecule has 1 heterocycles. The van der Waals surface area contributed by atoms with Crippen molar-refractivity contribution in [1.29, 1.82) is 0 Å². The van der Waals surface area contributed by atoms with E-state index < -0.39 is 0 Å². The average Bonchev–Trinajstić information content (AvgIpc) is 2.74. The minimum Gasteiger partial charge on any atom is -0.378 e. The van der Waals surface area contributed by atoms with Crippen molar-refractivity contribution in [2.24, 2.45) is 0 Å². The van der Waals surface area contributed by atoms with E-state index in [9.17, 15) is 4.79 Å². The topological polar surface area (TPSA) is 57.0 Å². The molecule has 0 atom stereocenters. The summed E-state index contributed by atoms with van der Waals surface area (Å²) in [7, 11) is 1.57. The molecule has 0 saturated carbocycles. The fourth-order valence-electron chi connectivity index (χ4n) is 1.45. The normalized spacial score (nSPS) is 10.3. The molecule has 0 unspecified atom stereocenters. The molecule has 0 amide bonds. The highest BCUT2D eigenvalue weighted by molar-refractivity contribution is 5.73. The Labute approximate surface area is 92.7 Å². The van der Waals surface area contributed by atoms with Crippen LogP contribution in [0.4, 0.5) is 0 Å². The van der Waals surface area contributed by atoms with Crippen molar-refractivity contribution in [2.75, 3.05) is 7.11 Å². The van der Waals surface area contributed by atoms with Gasteiger partial charge in [-0.2, -0.15) is 0 Å². The lowest BCUT2D eigenvalue weighted by Crippen LogP contribution is -2.04. The van der Waals surface area contributed by atoms with E-state index >= 15 is 0 Å². The molecule has 0 aliphatic heterocycles. The third-order valence-corrected chi connectivity index (χ3v) is 2.19. The number of carbonyl (C=O) groups is 1. The highest BCUT2D eigenvalue weighted by Crippen LogP contribution is 2.12. The van der Waals surface area contributed by atoms with Gasteiger partial charge in [0, 0.05) is 7.11 Å². The van der Waals surface area contributed by atoms with Gasteiger partial charge in [0.2, 0.25) is 0 Å². The van der Waals surface area contributed by atoms with Gasteiger partial charge in [-0.1, -0.05) is 23.4 Å². The van der Waals surface area contributed by atoms with Crippen molar-refractivity contribution >= 4 is 6.29 Å². The molecule has 0 bridgehead atoms. The van der Waals surface area contributed by atoms with E-state index in [4.69, 9.17) is 4.74 Å². The van der Waals surface area contributed by atoms with Crippen LogP contribution >= 0.6 is 0 Å². The number of rotatable bonds is 4. The van der Waals surface area contributed by atoms with Crippen LogP contribution in [0.1, 0.15) is 16.2 Å². The number of methoxy groups -OCH3 is 1. The molecule has 0 radical (unpaired) electrons. The smallest absolute Gasteiger partial charge is 0.172 e. The Morgan fingerprint density at radius 1 is 1.38 bits per heavy atom. The first-order valence-electron chi connectivity index (χ1n) is 4.81. The zero-order chi connectivity index (χ0) is 11.4. The quantitative estimate of drug-likeness (QED) is 0.723. The SMILES string of the molecule is COCc1c(C=O)nnn1-c1ccccc1. The number of aldehydes is 1. The number of aromatic nitrogens is 3. The molecule has 0 N–H and O–H groups in total. The van der Waals surface area contributed by atoms with Crippen molar-refractivity contribution in [3.05, 3.63) is 41.7 Å². The lowest BCUT2D eigenvalue weighted by atomic mass is 10.3. The van der Waals surface area contributed by atoms with Crippen molar-refractivity contribution < 1.29 is 9.53 Å². The zero-order valence-electron chi connectivity index (χ0n) is 8.83. The molecule has 0 aliphatic rings. The Balaban J connectivity index is 2.48. The molecule has 0 fully saturated rings. The summed E-state index contributed by atoms with van der Waals surface area (Å²) in [6.45, 7) is 0.302. The van der Waals surface area contributed by atoms with E-state index in [1.807, 2.05) is 30.3 Å². The Kier molecular flexibility index (Phi) is 3.07. The second kappa shape index (κ2) is 4.67. The molecule has 0 aliphatic carbocycles. The summed E-state index contributed by atoms with van der Waals surface area (Å²) < 4.78 is 6.64. The van der Waals surface area contributed by atoms with Gasteiger partial charge in [0.05, 0.1) is 12.3 Å². The lowest BCUT2D eigenvalue weighted by Gasteiger charge is -2.05. The first-order valence-corrected chi connectivity index (χ1v) is 4.81. The number of hydrogen-bond donors (Lipinski definition) is 0. The molecule has 1 aromatic carbocycles. The van der Waals surface area contributed by atoms with Crippen molar-refractivity contribution in [3.63, 3.8) is 0 Å². The van der Waals surface area contributed by atoms with E-state index in [0.29, 0.717) is 24.3 Å². The Bertz CT molecular complexity index is 479. The zero-order valence-corrected chi connectivity index (χ0v) is 8.83. The lowest BCUT2D eigenvalue weighted by molar-refractivity contribution is 0.111. The highest BCUT2D eigenvalue weighted by Gasteiger charge is 2.12. The van der Waals surface area contributed by atoms with Crippen LogP contribution in [0.15, 0.2) is 30.3 Å². The Hall–Kier alpha value is -2.01. The van der Waals surface area contributed by atoms with Crippen LogP contribution in [0.3, 0.4) is 0 Å². The van der Waals surface area contributed by atoms with Crippen molar-refractivity contribution in [1.82, 2.24) is 15.0 Å². The van der Waals surface area contributed by atoms with Gasteiger partial charge in [0.15, 0.2) is 12.0 Å². The molecular formula is C11H11N3O2. The van der Waals surface area contributed by atoms with Gasteiger partial charge in [0.1, 0.15) is 5.69 Å². The van der Waals surface area contributed by atoms with Gasteiger partial charge < -0.3 is 4.74 Å². The van der Waals surface area contributed by atoms with E-state index in [0.717, 1.165) is 5.69 Å². The van der Waals surface area contributed by atoms with Gasteiger partial charge in [0.25, 0.3) is 0 Å². The first kappa shape index (κ1) is 10.5. The van der Waals surface area contributed by atoms with Crippen LogP contribution in [0.5, 0.6) is 0 Å².